The summed E-state index contributed by atoms with van der Waals surface area (Å²) in [6.07, 6.45) is -5.76. The Labute approximate surface area is 120 Å². The topological polar surface area (TPSA) is 29.1 Å². The van der Waals surface area contributed by atoms with Gasteiger partial charge in [-0.15, -0.1) is 11.6 Å². The van der Waals surface area contributed by atoms with E-state index in [1.54, 1.807) is 0 Å². The van der Waals surface area contributed by atoms with Crippen LogP contribution in [0.5, 0.6) is 0 Å². The number of aryl methyl sites for hydroxylation is 1. The summed E-state index contributed by atoms with van der Waals surface area (Å²) in [7, 11) is 0. The molecule has 0 saturated heterocycles. The molecule has 0 aromatic heterocycles. The Morgan fingerprint density at radius 2 is 1.76 bits per heavy atom. The van der Waals surface area contributed by atoms with Crippen molar-refractivity contribution in [2.24, 2.45) is 0 Å². The zero-order chi connectivity index (χ0) is 16.0. The standard InChI is InChI=1S/C12H8ClF6NO/c13-10(11(15,16)12(17,18)19)6-3-5-1-2-9(21)20-8(5)4-7(6)14/h3-4,10H,1-2H2,(H,20,21). The first-order valence-corrected chi connectivity index (χ1v) is 6.18. The lowest BCUT2D eigenvalue weighted by atomic mass is 9.96. The molecular weight excluding hydrogens is 324 g/mol. The first-order chi connectivity index (χ1) is 9.54. The molecule has 21 heavy (non-hydrogen) atoms. The van der Waals surface area contributed by atoms with E-state index in [4.69, 9.17) is 11.6 Å². The van der Waals surface area contributed by atoms with Crippen molar-refractivity contribution in [3.05, 3.63) is 29.1 Å². The van der Waals surface area contributed by atoms with Gasteiger partial charge >= 0.3 is 12.1 Å². The summed E-state index contributed by atoms with van der Waals surface area (Å²) in [5, 5.41) is -0.584. The zero-order valence-corrected chi connectivity index (χ0v) is 11.0. The Hall–Kier alpha value is -1.44. The summed E-state index contributed by atoms with van der Waals surface area (Å²) < 4.78 is 77.0. The van der Waals surface area contributed by atoms with E-state index in [2.05, 4.69) is 5.32 Å². The smallest absolute Gasteiger partial charge is 0.326 e. The number of nitrogens with one attached hydrogen (secondary N) is 1. The average Bonchev–Trinajstić information content (AvgIpc) is 2.35. The summed E-state index contributed by atoms with van der Waals surface area (Å²) >= 11 is 5.16. The summed E-state index contributed by atoms with van der Waals surface area (Å²) in [5.74, 6) is -7.00. The van der Waals surface area contributed by atoms with Gasteiger partial charge in [0.2, 0.25) is 5.91 Å². The van der Waals surface area contributed by atoms with Gasteiger partial charge in [-0.05, 0) is 24.1 Å². The van der Waals surface area contributed by atoms with Gasteiger partial charge in [0.1, 0.15) is 11.2 Å². The van der Waals surface area contributed by atoms with Gasteiger partial charge in [-0.25, -0.2) is 4.39 Å². The van der Waals surface area contributed by atoms with E-state index in [0.29, 0.717) is 6.07 Å². The molecule has 1 amide bonds. The molecular formula is C12H8ClF6NO. The molecule has 0 fully saturated rings. The second kappa shape index (κ2) is 5.08. The quantitative estimate of drug-likeness (QED) is 0.639. The second-order valence-electron chi connectivity index (χ2n) is 4.56. The number of benzene rings is 1. The van der Waals surface area contributed by atoms with E-state index in [0.717, 1.165) is 6.07 Å². The predicted molar refractivity (Wildman–Crippen MR) is 62.9 cm³/mol. The van der Waals surface area contributed by atoms with Gasteiger partial charge in [-0.2, -0.15) is 22.0 Å². The highest BCUT2D eigenvalue weighted by atomic mass is 35.5. The zero-order valence-electron chi connectivity index (χ0n) is 10.2. The minimum Gasteiger partial charge on any atom is -0.326 e. The highest BCUT2D eigenvalue weighted by molar-refractivity contribution is 6.21. The van der Waals surface area contributed by atoms with Gasteiger partial charge in [0.25, 0.3) is 0 Å². The predicted octanol–water partition coefficient (Wildman–Crippen LogP) is 4.19. The van der Waals surface area contributed by atoms with E-state index >= 15 is 0 Å². The number of carbonyl (C=O) groups excluding carboxylic acids is 1. The first-order valence-electron chi connectivity index (χ1n) is 5.75. The number of alkyl halides is 6. The number of hydrogen-bond acceptors (Lipinski definition) is 1. The Kier molecular flexibility index (Phi) is 3.86. The van der Waals surface area contributed by atoms with Crippen molar-refractivity contribution in [1.82, 2.24) is 0 Å². The number of halogens is 7. The number of amides is 1. The fraction of sp³-hybridized carbons (Fsp3) is 0.417. The van der Waals surface area contributed by atoms with Crippen LogP contribution in [0.25, 0.3) is 0 Å². The summed E-state index contributed by atoms with van der Waals surface area (Å²) in [6.45, 7) is 0. The van der Waals surface area contributed by atoms with Gasteiger partial charge in [0.15, 0.2) is 0 Å². The van der Waals surface area contributed by atoms with Crippen molar-refractivity contribution >= 4 is 23.2 Å². The molecule has 1 aromatic carbocycles. The molecule has 1 aromatic rings. The second-order valence-corrected chi connectivity index (χ2v) is 5.00. The third kappa shape index (κ3) is 2.81. The molecule has 1 heterocycles. The molecule has 0 spiro atoms. The molecule has 1 atom stereocenters. The highest BCUT2D eigenvalue weighted by Gasteiger charge is 2.62. The maximum Gasteiger partial charge on any atom is 0.455 e. The van der Waals surface area contributed by atoms with Crippen molar-refractivity contribution in [3.8, 4) is 0 Å². The van der Waals surface area contributed by atoms with Crippen molar-refractivity contribution < 1.29 is 31.1 Å². The van der Waals surface area contributed by atoms with Crippen LogP contribution < -0.4 is 5.32 Å². The van der Waals surface area contributed by atoms with E-state index in [1.807, 2.05) is 0 Å². The fourth-order valence-corrected chi connectivity index (χ4v) is 2.25. The normalized spacial score (nSPS) is 17.2. The van der Waals surface area contributed by atoms with Gasteiger partial charge in [0.05, 0.1) is 0 Å². The van der Waals surface area contributed by atoms with Crippen LogP contribution in [0, 0.1) is 5.82 Å². The monoisotopic (exact) mass is 331 g/mol. The van der Waals surface area contributed by atoms with E-state index < -0.39 is 34.8 Å². The van der Waals surface area contributed by atoms with E-state index in [9.17, 15) is 31.1 Å². The molecule has 2 rings (SSSR count). The molecule has 9 heteroatoms. The third-order valence-electron chi connectivity index (χ3n) is 3.09. The van der Waals surface area contributed by atoms with Gasteiger partial charge in [-0.3, -0.25) is 4.79 Å². The number of carbonyl (C=O) groups is 1. The van der Waals surface area contributed by atoms with Crippen molar-refractivity contribution in [3.63, 3.8) is 0 Å². The van der Waals surface area contributed by atoms with Gasteiger partial charge in [-0.1, -0.05) is 0 Å². The minimum absolute atomic E-state index is 0.0285. The van der Waals surface area contributed by atoms with Crippen LogP contribution in [0.1, 0.15) is 22.9 Å². The maximum absolute atomic E-state index is 13.7. The first kappa shape index (κ1) is 15.9. The highest BCUT2D eigenvalue weighted by Crippen LogP contribution is 2.49. The molecule has 116 valence electrons. The lowest BCUT2D eigenvalue weighted by molar-refractivity contribution is -0.283. The summed E-state index contributed by atoms with van der Waals surface area (Å²) in [5.41, 5.74) is -0.643. The van der Waals surface area contributed by atoms with Gasteiger partial charge < -0.3 is 5.32 Å². The summed E-state index contributed by atoms with van der Waals surface area (Å²) in [6, 6.07) is 1.53. The number of rotatable bonds is 2. The van der Waals surface area contributed by atoms with Crippen LogP contribution >= 0.6 is 11.6 Å². The molecule has 0 radical (unpaired) electrons. The lowest BCUT2D eigenvalue weighted by Crippen LogP contribution is -2.40. The van der Waals surface area contributed by atoms with Crippen LogP contribution in [-0.2, 0) is 11.2 Å². The molecule has 0 saturated carbocycles. The molecule has 1 aliphatic heterocycles. The van der Waals surface area contributed by atoms with Crippen molar-refractivity contribution in [2.45, 2.75) is 30.3 Å². The minimum atomic E-state index is -5.89. The molecule has 0 bridgehead atoms. The number of fused-ring (bicyclic) bond motifs is 1. The Balaban J connectivity index is 2.44. The third-order valence-corrected chi connectivity index (χ3v) is 3.60. The van der Waals surface area contributed by atoms with E-state index in [1.165, 1.54) is 0 Å². The molecule has 0 aliphatic carbocycles. The molecule has 2 nitrogen and oxygen atoms in total. The SMILES string of the molecule is O=C1CCc2cc(C(Cl)C(F)(F)C(F)(F)F)c(F)cc2N1. The van der Waals surface area contributed by atoms with Crippen LogP contribution in [-0.4, -0.2) is 18.0 Å². The van der Waals surface area contributed by atoms with Crippen LogP contribution in [0.2, 0.25) is 0 Å². The van der Waals surface area contributed by atoms with Crippen molar-refractivity contribution in [2.75, 3.05) is 5.32 Å². The largest absolute Gasteiger partial charge is 0.455 e. The number of anilines is 1. The van der Waals surface area contributed by atoms with Crippen molar-refractivity contribution in [1.29, 1.82) is 0 Å². The van der Waals surface area contributed by atoms with Gasteiger partial charge in [0, 0.05) is 17.7 Å². The fourth-order valence-electron chi connectivity index (χ4n) is 1.95. The van der Waals surface area contributed by atoms with Crippen LogP contribution in [0.4, 0.5) is 32.0 Å². The lowest BCUT2D eigenvalue weighted by Gasteiger charge is -2.26. The van der Waals surface area contributed by atoms with Crippen LogP contribution in [0.15, 0.2) is 12.1 Å². The van der Waals surface area contributed by atoms with Crippen LogP contribution in [0.3, 0.4) is 0 Å². The molecule has 1 N–H and O–H groups in total. The van der Waals surface area contributed by atoms with E-state index in [-0.39, 0.29) is 24.1 Å². The molecule has 1 unspecified atom stereocenters. The average molecular weight is 332 g/mol. The summed E-state index contributed by atoms with van der Waals surface area (Å²) in [4.78, 5) is 11.1. The molecule has 1 aliphatic rings. The Morgan fingerprint density at radius 3 is 2.33 bits per heavy atom. The Morgan fingerprint density at radius 1 is 1.14 bits per heavy atom. The maximum atomic E-state index is 13.7. The number of hydrogen-bond donors (Lipinski definition) is 1. The Bertz CT molecular complexity index is 586.